The largest absolute Gasteiger partial charge is 0.466 e. The van der Waals surface area contributed by atoms with Gasteiger partial charge in [0.15, 0.2) is 0 Å². The SMILES string of the molecule is CCOC(=O)C[C@@H](NC(=O)N1CCC(CN2C[C@H](C)C[C@H](C)C2)CC1)c1ccccc1. The fourth-order valence-electron chi connectivity index (χ4n) is 5.19. The lowest BCUT2D eigenvalue weighted by atomic mass is 9.89. The fourth-order valence-corrected chi connectivity index (χ4v) is 5.19. The summed E-state index contributed by atoms with van der Waals surface area (Å²) < 4.78 is 5.11. The molecule has 2 aliphatic heterocycles. The monoisotopic (exact) mass is 429 g/mol. The van der Waals surface area contributed by atoms with Crippen molar-refractivity contribution >= 4 is 12.0 Å². The first-order valence-electron chi connectivity index (χ1n) is 11.9. The molecular formula is C25H39N3O3. The second-order valence-corrected chi connectivity index (χ2v) is 9.52. The topological polar surface area (TPSA) is 61.9 Å². The smallest absolute Gasteiger partial charge is 0.317 e. The maximum atomic E-state index is 13.0. The van der Waals surface area contributed by atoms with E-state index in [1.54, 1.807) is 6.92 Å². The Hall–Kier alpha value is -2.08. The number of carbonyl (C=O) groups excluding carboxylic acids is 2. The summed E-state index contributed by atoms with van der Waals surface area (Å²) in [6.45, 7) is 12.0. The minimum Gasteiger partial charge on any atom is -0.466 e. The van der Waals surface area contributed by atoms with E-state index in [-0.39, 0.29) is 24.5 Å². The van der Waals surface area contributed by atoms with Gasteiger partial charge in [-0.25, -0.2) is 4.79 Å². The van der Waals surface area contributed by atoms with E-state index >= 15 is 0 Å². The molecule has 6 heteroatoms. The van der Waals surface area contributed by atoms with E-state index in [9.17, 15) is 9.59 Å². The molecular weight excluding hydrogens is 390 g/mol. The van der Waals surface area contributed by atoms with E-state index < -0.39 is 0 Å². The van der Waals surface area contributed by atoms with Crippen LogP contribution in [0.25, 0.3) is 0 Å². The third-order valence-corrected chi connectivity index (χ3v) is 6.54. The van der Waals surface area contributed by atoms with Crippen LogP contribution in [0.1, 0.15) is 58.1 Å². The Morgan fingerprint density at radius 2 is 1.74 bits per heavy atom. The number of benzene rings is 1. The molecule has 1 N–H and O–H groups in total. The number of hydrogen-bond donors (Lipinski definition) is 1. The minimum absolute atomic E-state index is 0.0863. The van der Waals surface area contributed by atoms with Crippen molar-refractivity contribution in [3.8, 4) is 0 Å². The van der Waals surface area contributed by atoms with Crippen LogP contribution in [0.15, 0.2) is 30.3 Å². The van der Waals surface area contributed by atoms with Gasteiger partial charge in [-0.05, 0) is 49.5 Å². The molecule has 2 aliphatic rings. The first-order chi connectivity index (χ1) is 14.9. The van der Waals surface area contributed by atoms with Crippen LogP contribution in [-0.4, -0.2) is 61.1 Å². The Morgan fingerprint density at radius 3 is 2.35 bits per heavy atom. The molecule has 2 amide bonds. The molecule has 2 fully saturated rings. The van der Waals surface area contributed by atoms with Gasteiger partial charge in [-0.2, -0.15) is 0 Å². The molecule has 0 aliphatic carbocycles. The van der Waals surface area contributed by atoms with Gasteiger partial charge in [-0.3, -0.25) is 4.79 Å². The molecule has 0 bridgehead atoms. The molecule has 2 heterocycles. The van der Waals surface area contributed by atoms with Gasteiger partial charge in [0.25, 0.3) is 0 Å². The average molecular weight is 430 g/mol. The first-order valence-corrected chi connectivity index (χ1v) is 11.9. The van der Waals surface area contributed by atoms with Gasteiger partial charge in [-0.15, -0.1) is 0 Å². The normalized spacial score (nSPS) is 23.9. The lowest BCUT2D eigenvalue weighted by molar-refractivity contribution is -0.143. The van der Waals surface area contributed by atoms with Crippen molar-refractivity contribution in [3.05, 3.63) is 35.9 Å². The van der Waals surface area contributed by atoms with E-state index in [2.05, 4.69) is 24.1 Å². The molecule has 172 valence electrons. The number of ether oxygens (including phenoxy) is 1. The lowest BCUT2D eigenvalue weighted by Gasteiger charge is -2.39. The summed E-state index contributed by atoms with van der Waals surface area (Å²) in [6.07, 6.45) is 3.57. The summed E-state index contributed by atoms with van der Waals surface area (Å²) in [6, 6.07) is 9.20. The van der Waals surface area contributed by atoms with E-state index in [1.165, 1.54) is 19.5 Å². The van der Waals surface area contributed by atoms with Crippen LogP contribution in [0, 0.1) is 17.8 Å². The molecule has 0 spiro atoms. The summed E-state index contributed by atoms with van der Waals surface area (Å²) in [5.41, 5.74) is 0.923. The van der Waals surface area contributed by atoms with Crippen molar-refractivity contribution in [3.63, 3.8) is 0 Å². The van der Waals surface area contributed by atoms with Crippen LogP contribution in [0.5, 0.6) is 0 Å². The van der Waals surface area contributed by atoms with Crippen molar-refractivity contribution in [2.45, 2.75) is 52.5 Å². The van der Waals surface area contributed by atoms with Crippen molar-refractivity contribution in [1.82, 2.24) is 15.1 Å². The highest BCUT2D eigenvalue weighted by molar-refractivity contribution is 5.77. The zero-order valence-corrected chi connectivity index (χ0v) is 19.4. The van der Waals surface area contributed by atoms with Gasteiger partial charge in [0, 0.05) is 32.7 Å². The molecule has 3 rings (SSSR count). The molecule has 0 unspecified atom stereocenters. The third kappa shape index (κ3) is 7.23. The van der Waals surface area contributed by atoms with Gasteiger partial charge in [-0.1, -0.05) is 44.2 Å². The predicted octanol–water partition coefficient (Wildman–Crippen LogP) is 4.08. The number of esters is 1. The Morgan fingerprint density at radius 1 is 1.10 bits per heavy atom. The van der Waals surface area contributed by atoms with Crippen molar-refractivity contribution < 1.29 is 14.3 Å². The quantitative estimate of drug-likeness (QED) is 0.664. The maximum absolute atomic E-state index is 13.0. The van der Waals surface area contributed by atoms with Gasteiger partial charge in [0.05, 0.1) is 19.1 Å². The van der Waals surface area contributed by atoms with E-state index in [1.807, 2.05) is 35.2 Å². The van der Waals surface area contributed by atoms with Crippen LogP contribution in [0.2, 0.25) is 0 Å². The number of piperidine rings is 2. The zero-order chi connectivity index (χ0) is 22.2. The number of likely N-dealkylation sites (tertiary alicyclic amines) is 2. The van der Waals surface area contributed by atoms with Gasteiger partial charge in [0.2, 0.25) is 0 Å². The van der Waals surface area contributed by atoms with Crippen LogP contribution >= 0.6 is 0 Å². The Kier molecular flexibility index (Phi) is 8.76. The van der Waals surface area contributed by atoms with E-state index in [4.69, 9.17) is 4.74 Å². The molecule has 6 nitrogen and oxygen atoms in total. The maximum Gasteiger partial charge on any atom is 0.317 e. The molecule has 31 heavy (non-hydrogen) atoms. The molecule has 0 aromatic heterocycles. The number of urea groups is 1. The number of nitrogens with one attached hydrogen (secondary N) is 1. The standard InChI is InChI=1S/C25H39N3O3/c1-4-31-24(29)15-23(22-8-6-5-7-9-22)26-25(30)28-12-10-21(11-13-28)18-27-16-19(2)14-20(3)17-27/h5-9,19-21,23H,4,10-18H2,1-3H3,(H,26,30)/t19-,20+,23-/m1/s1. The number of carbonyl (C=O) groups is 2. The molecule has 1 aromatic carbocycles. The van der Waals surface area contributed by atoms with Crippen LogP contribution < -0.4 is 5.32 Å². The average Bonchev–Trinajstić information content (AvgIpc) is 2.74. The highest BCUT2D eigenvalue weighted by atomic mass is 16.5. The van der Waals surface area contributed by atoms with Crippen LogP contribution in [0.3, 0.4) is 0 Å². The Labute approximate surface area is 187 Å². The van der Waals surface area contributed by atoms with Crippen LogP contribution in [-0.2, 0) is 9.53 Å². The minimum atomic E-state index is -0.373. The number of rotatable bonds is 7. The van der Waals surface area contributed by atoms with Crippen molar-refractivity contribution in [2.24, 2.45) is 17.8 Å². The van der Waals surface area contributed by atoms with Gasteiger partial charge >= 0.3 is 12.0 Å². The highest BCUT2D eigenvalue weighted by Crippen LogP contribution is 2.25. The van der Waals surface area contributed by atoms with Gasteiger partial charge in [0.1, 0.15) is 0 Å². The van der Waals surface area contributed by atoms with Crippen molar-refractivity contribution in [1.29, 1.82) is 0 Å². The van der Waals surface area contributed by atoms with Gasteiger partial charge < -0.3 is 19.9 Å². The molecule has 2 saturated heterocycles. The number of amides is 2. The molecule has 1 aromatic rings. The lowest BCUT2D eigenvalue weighted by Crippen LogP contribution is -2.48. The molecule has 3 atom stereocenters. The predicted molar refractivity (Wildman–Crippen MR) is 123 cm³/mol. The second kappa shape index (κ2) is 11.5. The van der Waals surface area contributed by atoms with E-state index in [0.717, 1.165) is 49.9 Å². The summed E-state index contributed by atoms with van der Waals surface area (Å²) in [5.74, 6) is 1.93. The summed E-state index contributed by atoms with van der Waals surface area (Å²) >= 11 is 0. The molecule has 0 radical (unpaired) electrons. The first kappa shape index (κ1) is 23.6. The zero-order valence-electron chi connectivity index (χ0n) is 19.4. The summed E-state index contributed by atoms with van der Waals surface area (Å²) in [5, 5.41) is 3.08. The van der Waals surface area contributed by atoms with E-state index in [0.29, 0.717) is 12.5 Å². The Balaban J connectivity index is 1.50. The van der Waals surface area contributed by atoms with Crippen LogP contribution in [0.4, 0.5) is 4.79 Å². The van der Waals surface area contributed by atoms with Crippen molar-refractivity contribution in [2.75, 3.05) is 39.3 Å². The number of hydrogen-bond acceptors (Lipinski definition) is 4. The fraction of sp³-hybridized carbons (Fsp3) is 0.680. The molecule has 0 saturated carbocycles. The highest BCUT2D eigenvalue weighted by Gasteiger charge is 2.29. The third-order valence-electron chi connectivity index (χ3n) is 6.54. The Bertz CT molecular complexity index is 693. The summed E-state index contributed by atoms with van der Waals surface area (Å²) in [4.78, 5) is 29.6. The second-order valence-electron chi connectivity index (χ2n) is 9.52. The number of nitrogens with zero attached hydrogens (tertiary/aromatic N) is 2. The summed E-state index contributed by atoms with van der Waals surface area (Å²) in [7, 11) is 0.